The predicted molar refractivity (Wildman–Crippen MR) is 125 cm³/mol. The van der Waals surface area contributed by atoms with Crippen molar-refractivity contribution in [1.29, 1.82) is 0 Å². The molecule has 0 saturated heterocycles. The van der Waals surface area contributed by atoms with Crippen LogP contribution >= 0.6 is 0 Å². The number of carbonyl (C=O) groups is 1. The minimum Gasteiger partial charge on any atom is -0.493 e. The monoisotopic (exact) mass is 464 g/mol. The third-order valence-corrected chi connectivity index (χ3v) is 5.86. The maximum atomic E-state index is 12.5. The summed E-state index contributed by atoms with van der Waals surface area (Å²) in [6, 6.07) is 12.4. The lowest BCUT2D eigenvalue weighted by Crippen LogP contribution is -2.41. The molecule has 0 unspecified atom stereocenters. The van der Waals surface area contributed by atoms with Crippen LogP contribution in [-0.4, -0.2) is 54.5 Å². The Hall–Kier alpha value is -2.94. The Morgan fingerprint density at radius 2 is 1.66 bits per heavy atom. The molecular weight excluding hydrogens is 432 g/mol. The first-order valence-corrected chi connectivity index (χ1v) is 12.0. The molecule has 0 spiro atoms. The Kier molecular flexibility index (Phi) is 8.38. The van der Waals surface area contributed by atoms with Crippen LogP contribution in [0.4, 0.5) is 5.69 Å². The molecule has 2 rings (SSSR count). The minimum absolute atomic E-state index is 0.0742. The van der Waals surface area contributed by atoms with Crippen LogP contribution in [0.25, 0.3) is 0 Å². The Balaban J connectivity index is 2.01. The summed E-state index contributed by atoms with van der Waals surface area (Å²) in [6.07, 6.45) is 1.05. The van der Waals surface area contributed by atoms with Crippen LogP contribution in [0, 0.1) is 0 Å². The van der Waals surface area contributed by atoms with Crippen LogP contribution in [0.5, 0.6) is 17.2 Å². The van der Waals surface area contributed by atoms with E-state index in [1.807, 2.05) is 24.3 Å². The molecule has 176 valence electrons. The SMILES string of the molecule is COc1ccc(N(CC(=O)NCCOc2ccccc2C(C)(C)C)S(C)(=O)=O)cc1OC. The summed E-state index contributed by atoms with van der Waals surface area (Å²) in [5.74, 6) is 1.14. The van der Waals surface area contributed by atoms with Crippen LogP contribution in [0.1, 0.15) is 26.3 Å². The predicted octanol–water partition coefficient (Wildman–Crippen LogP) is 2.96. The van der Waals surface area contributed by atoms with E-state index in [1.165, 1.54) is 20.3 Å². The molecule has 0 fully saturated rings. The number of hydrogen-bond acceptors (Lipinski definition) is 6. The van der Waals surface area contributed by atoms with Crippen molar-refractivity contribution >= 4 is 21.6 Å². The molecule has 0 aromatic heterocycles. The third kappa shape index (κ3) is 6.78. The Labute approximate surface area is 190 Å². The van der Waals surface area contributed by atoms with E-state index in [1.54, 1.807) is 12.1 Å². The number of methoxy groups -OCH3 is 2. The molecule has 9 heteroatoms. The molecule has 0 aliphatic rings. The molecule has 8 nitrogen and oxygen atoms in total. The maximum Gasteiger partial charge on any atom is 0.240 e. The van der Waals surface area contributed by atoms with Crippen molar-refractivity contribution in [3.05, 3.63) is 48.0 Å². The summed E-state index contributed by atoms with van der Waals surface area (Å²) in [4.78, 5) is 12.5. The average molecular weight is 465 g/mol. The number of sulfonamides is 1. The van der Waals surface area contributed by atoms with Crippen molar-refractivity contribution in [2.24, 2.45) is 0 Å². The van der Waals surface area contributed by atoms with Crippen molar-refractivity contribution < 1.29 is 27.4 Å². The molecule has 0 saturated carbocycles. The highest BCUT2D eigenvalue weighted by Gasteiger charge is 2.22. The van der Waals surface area contributed by atoms with Gasteiger partial charge < -0.3 is 19.5 Å². The zero-order valence-corrected chi connectivity index (χ0v) is 20.3. The fourth-order valence-corrected chi connectivity index (χ4v) is 3.98. The van der Waals surface area contributed by atoms with Gasteiger partial charge in [0, 0.05) is 6.07 Å². The van der Waals surface area contributed by atoms with Gasteiger partial charge in [0.2, 0.25) is 15.9 Å². The van der Waals surface area contributed by atoms with Crippen molar-refractivity contribution in [2.75, 3.05) is 44.5 Å². The van der Waals surface area contributed by atoms with Gasteiger partial charge in [-0.15, -0.1) is 0 Å². The summed E-state index contributed by atoms with van der Waals surface area (Å²) in [5, 5.41) is 2.71. The average Bonchev–Trinajstić information content (AvgIpc) is 2.73. The van der Waals surface area contributed by atoms with Crippen LogP contribution in [0.2, 0.25) is 0 Å². The largest absolute Gasteiger partial charge is 0.493 e. The molecule has 1 N–H and O–H groups in total. The number of nitrogens with zero attached hydrogens (tertiary/aromatic N) is 1. The second kappa shape index (κ2) is 10.6. The third-order valence-electron chi connectivity index (χ3n) is 4.72. The highest BCUT2D eigenvalue weighted by atomic mass is 32.2. The van der Waals surface area contributed by atoms with E-state index in [2.05, 4.69) is 26.1 Å². The Morgan fingerprint density at radius 3 is 2.25 bits per heavy atom. The number of amides is 1. The molecule has 0 aliphatic heterocycles. The summed E-state index contributed by atoms with van der Waals surface area (Å²) in [5.41, 5.74) is 1.30. The number of anilines is 1. The number of nitrogens with one attached hydrogen (secondary N) is 1. The highest BCUT2D eigenvalue weighted by Crippen LogP contribution is 2.32. The molecule has 0 heterocycles. The number of rotatable bonds is 10. The van der Waals surface area contributed by atoms with Gasteiger partial charge in [-0.1, -0.05) is 39.0 Å². The number of hydrogen-bond donors (Lipinski definition) is 1. The number of benzene rings is 2. The van der Waals surface area contributed by atoms with Crippen LogP contribution in [0.3, 0.4) is 0 Å². The zero-order chi connectivity index (χ0) is 23.9. The first-order valence-electron chi connectivity index (χ1n) is 10.2. The molecule has 0 atom stereocenters. The maximum absolute atomic E-state index is 12.5. The first-order chi connectivity index (χ1) is 15.0. The lowest BCUT2D eigenvalue weighted by atomic mass is 9.86. The van der Waals surface area contributed by atoms with Crippen molar-refractivity contribution in [2.45, 2.75) is 26.2 Å². The molecule has 1 amide bonds. The van der Waals surface area contributed by atoms with Crippen molar-refractivity contribution in [3.63, 3.8) is 0 Å². The zero-order valence-electron chi connectivity index (χ0n) is 19.5. The summed E-state index contributed by atoms with van der Waals surface area (Å²) >= 11 is 0. The topological polar surface area (TPSA) is 94.2 Å². The van der Waals surface area contributed by atoms with Crippen LogP contribution in [0.15, 0.2) is 42.5 Å². The van der Waals surface area contributed by atoms with Gasteiger partial charge in [0.05, 0.1) is 32.7 Å². The van der Waals surface area contributed by atoms with Crippen LogP contribution in [-0.2, 0) is 20.2 Å². The molecule has 0 aliphatic carbocycles. The van der Waals surface area contributed by atoms with E-state index >= 15 is 0 Å². The van der Waals surface area contributed by atoms with E-state index < -0.39 is 15.9 Å². The smallest absolute Gasteiger partial charge is 0.240 e. The normalized spacial score (nSPS) is 11.6. The fraction of sp³-hybridized carbons (Fsp3) is 0.435. The van der Waals surface area contributed by atoms with E-state index in [0.29, 0.717) is 17.2 Å². The first kappa shape index (κ1) is 25.3. The second-order valence-electron chi connectivity index (χ2n) is 8.25. The minimum atomic E-state index is -3.71. The number of ether oxygens (including phenoxy) is 3. The summed E-state index contributed by atoms with van der Waals surface area (Å²) < 4.78 is 41.9. The molecule has 32 heavy (non-hydrogen) atoms. The molecule has 0 bridgehead atoms. The molecule has 0 radical (unpaired) electrons. The molecule has 2 aromatic carbocycles. The lowest BCUT2D eigenvalue weighted by Gasteiger charge is -2.23. The van der Waals surface area contributed by atoms with Gasteiger partial charge in [-0.05, 0) is 29.2 Å². The van der Waals surface area contributed by atoms with Gasteiger partial charge in [-0.3, -0.25) is 9.10 Å². The lowest BCUT2D eigenvalue weighted by molar-refractivity contribution is -0.119. The van der Waals surface area contributed by atoms with E-state index in [0.717, 1.165) is 21.9 Å². The molecular formula is C23H32N2O6S. The van der Waals surface area contributed by atoms with Crippen molar-refractivity contribution in [3.8, 4) is 17.2 Å². The summed E-state index contributed by atoms with van der Waals surface area (Å²) in [6.45, 7) is 6.43. The van der Waals surface area contributed by atoms with Gasteiger partial charge in [0.25, 0.3) is 0 Å². The van der Waals surface area contributed by atoms with E-state index in [-0.39, 0.29) is 25.1 Å². The second-order valence-corrected chi connectivity index (χ2v) is 10.2. The standard InChI is InChI=1S/C23H32N2O6S/c1-23(2,3)18-9-7-8-10-19(18)31-14-13-24-22(26)16-25(32(6,27)28)17-11-12-20(29-4)21(15-17)30-5/h7-12,15H,13-14,16H2,1-6H3,(H,24,26). The van der Waals surface area contributed by atoms with Crippen molar-refractivity contribution in [1.82, 2.24) is 5.32 Å². The van der Waals surface area contributed by atoms with E-state index in [4.69, 9.17) is 14.2 Å². The highest BCUT2D eigenvalue weighted by molar-refractivity contribution is 7.92. The quantitative estimate of drug-likeness (QED) is 0.544. The van der Waals surface area contributed by atoms with Crippen LogP contribution < -0.4 is 23.8 Å². The van der Waals surface area contributed by atoms with Gasteiger partial charge in [-0.2, -0.15) is 0 Å². The Morgan fingerprint density at radius 1 is 1.00 bits per heavy atom. The summed E-state index contributed by atoms with van der Waals surface area (Å²) in [7, 11) is -0.766. The van der Waals surface area contributed by atoms with Gasteiger partial charge >= 0.3 is 0 Å². The van der Waals surface area contributed by atoms with Gasteiger partial charge in [0.15, 0.2) is 11.5 Å². The van der Waals surface area contributed by atoms with Gasteiger partial charge in [0.1, 0.15) is 18.9 Å². The Bertz CT molecular complexity index is 1030. The van der Waals surface area contributed by atoms with Gasteiger partial charge in [-0.25, -0.2) is 8.42 Å². The van der Waals surface area contributed by atoms with E-state index in [9.17, 15) is 13.2 Å². The number of carbonyl (C=O) groups excluding carboxylic acids is 1. The fourth-order valence-electron chi connectivity index (χ4n) is 3.13. The number of para-hydroxylation sites is 1. The molecule has 2 aromatic rings.